The topological polar surface area (TPSA) is 142 Å². The molecule has 0 radical (unpaired) electrons. The third-order valence-corrected chi connectivity index (χ3v) is 4.94. The van der Waals surface area contributed by atoms with Gasteiger partial charge in [0.2, 0.25) is 0 Å². The largest absolute Gasteiger partial charge is 0.478 e. The number of aliphatic hydroxyl groups is 2. The lowest BCUT2D eigenvalue weighted by Gasteiger charge is -2.22. The summed E-state index contributed by atoms with van der Waals surface area (Å²) in [6.07, 6.45) is -1.07. The number of carboxylic acids is 1. The van der Waals surface area contributed by atoms with Crippen molar-refractivity contribution in [3.05, 3.63) is 12.2 Å². The van der Waals surface area contributed by atoms with Gasteiger partial charge in [0.15, 0.2) is 0 Å². The molecular formula is C28H56O11. The van der Waals surface area contributed by atoms with Crippen LogP contribution in [0.2, 0.25) is 0 Å². The molecule has 0 saturated heterocycles. The highest BCUT2D eigenvalue weighted by molar-refractivity contribution is 5.84. The van der Waals surface area contributed by atoms with Crippen molar-refractivity contribution in [1.29, 1.82) is 0 Å². The lowest BCUT2D eigenvalue weighted by molar-refractivity contribution is -0.132. The van der Waals surface area contributed by atoms with Gasteiger partial charge >= 0.3 is 5.97 Å². The molecule has 0 aliphatic carbocycles. The first-order chi connectivity index (χ1) is 18.2. The van der Waals surface area contributed by atoms with E-state index in [-0.39, 0.29) is 54.9 Å². The first-order valence-corrected chi connectivity index (χ1v) is 13.7. The van der Waals surface area contributed by atoms with Crippen molar-refractivity contribution in [2.75, 3.05) is 52.9 Å². The van der Waals surface area contributed by atoms with Gasteiger partial charge in [-0.2, -0.15) is 0 Å². The van der Waals surface area contributed by atoms with Crippen molar-refractivity contribution in [3.8, 4) is 0 Å². The summed E-state index contributed by atoms with van der Waals surface area (Å²) in [6.45, 7) is 22.8. The second-order valence-corrected chi connectivity index (χ2v) is 10.1. The summed E-state index contributed by atoms with van der Waals surface area (Å²) < 4.78 is 39.8. The Hall–Kier alpha value is -1.15. The number of ether oxygens (including phenoxy) is 7. The van der Waals surface area contributed by atoms with Gasteiger partial charge in [-0.05, 0) is 62.3 Å². The second-order valence-electron chi connectivity index (χ2n) is 10.1. The molecule has 8 atom stereocenters. The molecule has 11 nitrogen and oxygen atoms in total. The van der Waals surface area contributed by atoms with Crippen molar-refractivity contribution in [2.45, 2.75) is 111 Å². The molecule has 3 N–H and O–H groups in total. The van der Waals surface area contributed by atoms with Crippen LogP contribution in [0.4, 0.5) is 0 Å². The van der Waals surface area contributed by atoms with Crippen LogP contribution >= 0.6 is 0 Å². The van der Waals surface area contributed by atoms with E-state index >= 15 is 0 Å². The average Bonchev–Trinajstić information content (AvgIpc) is 2.88. The molecule has 0 amide bonds. The molecular weight excluding hydrogens is 512 g/mol. The predicted molar refractivity (Wildman–Crippen MR) is 149 cm³/mol. The molecule has 39 heavy (non-hydrogen) atoms. The zero-order valence-electron chi connectivity index (χ0n) is 25.6. The smallest absolute Gasteiger partial charge is 0.330 e. The maximum Gasteiger partial charge on any atom is 0.330 e. The number of aliphatic hydroxyl groups excluding tert-OH is 2. The Labute approximate surface area is 235 Å². The molecule has 8 unspecified atom stereocenters. The Bertz CT molecular complexity index is 590. The maximum absolute atomic E-state index is 9.60. The fourth-order valence-electron chi connectivity index (χ4n) is 2.44. The zero-order valence-corrected chi connectivity index (χ0v) is 25.6. The van der Waals surface area contributed by atoms with E-state index in [2.05, 4.69) is 6.58 Å². The van der Waals surface area contributed by atoms with Gasteiger partial charge in [0, 0.05) is 5.57 Å². The molecule has 0 aromatic carbocycles. The van der Waals surface area contributed by atoms with E-state index in [0.717, 1.165) is 0 Å². The fourth-order valence-corrected chi connectivity index (χ4v) is 2.44. The van der Waals surface area contributed by atoms with Gasteiger partial charge in [0.25, 0.3) is 0 Å². The van der Waals surface area contributed by atoms with Crippen LogP contribution in [0.3, 0.4) is 0 Å². The van der Waals surface area contributed by atoms with Crippen LogP contribution in [-0.4, -0.2) is 123 Å². The monoisotopic (exact) mass is 568 g/mol. The van der Waals surface area contributed by atoms with Crippen molar-refractivity contribution in [1.82, 2.24) is 0 Å². The van der Waals surface area contributed by atoms with Crippen molar-refractivity contribution >= 4 is 5.97 Å². The van der Waals surface area contributed by atoms with Crippen LogP contribution in [0.1, 0.15) is 62.3 Å². The molecule has 0 spiro atoms. The lowest BCUT2D eigenvalue weighted by atomic mass is 10.3. The van der Waals surface area contributed by atoms with Gasteiger partial charge in [-0.1, -0.05) is 6.58 Å². The Morgan fingerprint density at radius 1 is 0.564 bits per heavy atom. The summed E-state index contributed by atoms with van der Waals surface area (Å²) in [5.41, 5.74) is 0.176. The number of hydrogen-bond donors (Lipinski definition) is 3. The van der Waals surface area contributed by atoms with Gasteiger partial charge in [-0.15, -0.1) is 0 Å². The summed E-state index contributed by atoms with van der Waals surface area (Å²) in [6, 6.07) is 0. The molecule has 11 heteroatoms. The standard InChI is InChI=1S/C24H50O9.C4H6O2/c1-17(26)10-27-19(3)12-29-21(5)14-31-23(7)16-33-24(8)15-32-22(6)13-30-20(4)11-28-18(2)9-25;1-3(2)4(5)6/h17-26H,9-16H2,1-8H3;1H2,2H3,(H,5,6). The highest BCUT2D eigenvalue weighted by Crippen LogP contribution is 2.05. The van der Waals surface area contributed by atoms with E-state index in [9.17, 15) is 9.90 Å². The molecule has 0 rings (SSSR count). The molecule has 0 fully saturated rings. The van der Waals surface area contributed by atoms with E-state index < -0.39 is 12.1 Å². The summed E-state index contributed by atoms with van der Waals surface area (Å²) in [4.78, 5) is 9.60. The third kappa shape index (κ3) is 28.2. The molecule has 0 aromatic rings. The SMILES string of the molecule is C=C(C)C(=O)O.CC(O)COC(C)COC(C)COC(C)COC(C)COC(C)COC(C)COC(C)CO. The highest BCUT2D eigenvalue weighted by Gasteiger charge is 2.14. The highest BCUT2D eigenvalue weighted by atomic mass is 16.6. The summed E-state index contributed by atoms with van der Waals surface area (Å²) in [5.74, 6) is -0.935. The number of carbonyl (C=O) groups is 1. The van der Waals surface area contributed by atoms with E-state index in [1.165, 1.54) is 6.92 Å². The van der Waals surface area contributed by atoms with Crippen molar-refractivity contribution in [3.63, 3.8) is 0 Å². The Morgan fingerprint density at radius 3 is 0.949 bits per heavy atom. The number of aliphatic carboxylic acids is 1. The molecule has 0 bridgehead atoms. The van der Waals surface area contributed by atoms with Gasteiger partial charge in [0.1, 0.15) is 0 Å². The van der Waals surface area contributed by atoms with E-state index in [1.54, 1.807) is 6.92 Å². The molecule has 0 aliphatic rings. The van der Waals surface area contributed by atoms with E-state index in [1.807, 2.05) is 48.5 Å². The second kappa shape index (κ2) is 24.6. The predicted octanol–water partition coefficient (Wildman–Crippen LogP) is 2.84. The van der Waals surface area contributed by atoms with Gasteiger partial charge in [-0.25, -0.2) is 4.79 Å². The average molecular weight is 569 g/mol. The van der Waals surface area contributed by atoms with Crippen LogP contribution < -0.4 is 0 Å². The Kier molecular flexibility index (Phi) is 25.3. The minimum Gasteiger partial charge on any atom is -0.478 e. The van der Waals surface area contributed by atoms with Crippen LogP contribution in [0, 0.1) is 0 Å². The first-order valence-electron chi connectivity index (χ1n) is 13.7. The van der Waals surface area contributed by atoms with Crippen molar-refractivity contribution < 1.29 is 53.3 Å². The summed E-state index contributed by atoms with van der Waals surface area (Å²) >= 11 is 0. The quantitative estimate of drug-likeness (QED) is 0.157. The third-order valence-electron chi connectivity index (χ3n) is 4.94. The lowest BCUT2D eigenvalue weighted by Crippen LogP contribution is -2.30. The van der Waals surface area contributed by atoms with Crippen molar-refractivity contribution in [2.24, 2.45) is 0 Å². The summed E-state index contributed by atoms with van der Waals surface area (Å²) in [7, 11) is 0. The molecule has 0 aliphatic heterocycles. The van der Waals surface area contributed by atoms with Gasteiger partial charge in [-0.3, -0.25) is 0 Å². The molecule has 0 saturated carbocycles. The first kappa shape index (κ1) is 40.0. The Morgan fingerprint density at radius 2 is 0.769 bits per heavy atom. The van der Waals surface area contributed by atoms with Crippen LogP contribution in [0.25, 0.3) is 0 Å². The van der Waals surface area contributed by atoms with Crippen LogP contribution in [0.15, 0.2) is 12.2 Å². The minimum absolute atomic E-state index is 0.000849. The molecule has 234 valence electrons. The van der Waals surface area contributed by atoms with Crippen LogP contribution in [-0.2, 0) is 38.0 Å². The molecule has 0 aromatic heterocycles. The van der Waals surface area contributed by atoms with E-state index in [4.69, 9.17) is 43.4 Å². The Balaban J connectivity index is 0. The van der Waals surface area contributed by atoms with Gasteiger partial charge in [0.05, 0.1) is 102 Å². The zero-order chi connectivity index (χ0) is 30.4. The normalized spacial score (nSPS) is 17.6. The fraction of sp³-hybridized carbons (Fsp3) is 0.893. The number of carboxylic acid groups (broad SMARTS) is 1. The minimum atomic E-state index is -0.935. The summed E-state index contributed by atoms with van der Waals surface area (Å²) in [5, 5.41) is 26.1. The number of hydrogen-bond acceptors (Lipinski definition) is 10. The van der Waals surface area contributed by atoms with Crippen LogP contribution in [0.5, 0.6) is 0 Å². The maximum atomic E-state index is 9.60. The van der Waals surface area contributed by atoms with Gasteiger partial charge < -0.3 is 48.5 Å². The van der Waals surface area contributed by atoms with E-state index in [0.29, 0.717) is 46.2 Å². The number of rotatable bonds is 23. The molecule has 0 heterocycles.